The Kier molecular flexibility index (Phi) is 3.39. The fourth-order valence-electron chi connectivity index (χ4n) is 3.26. The van der Waals surface area contributed by atoms with Crippen LogP contribution in [0.3, 0.4) is 0 Å². The van der Waals surface area contributed by atoms with Gasteiger partial charge in [-0.2, -0.15) is 0 Å². The van der Waals surface area contributed by atoms with E-state index in [2.05, 4.69) is 47.6 Å². The lowest BCUT2D eigenvalue weighted by Gasteiger charge is -2.36. The van der Waals surface area contributed by atoms with Crippen LogP contribution < -0.4 is 0 Å². The Hall–Kier alpha value is -0.340. The van der Waals surface area contributed by atoms with Crippen LogP contribution in [0.25, 0.3) is 0 Å². The molecule has 1 fully saturated rings. The van der Waals surface area contributed by atoms with Crippen molar-refractivity contribution < 1.29 is 9.47 Å². The summed E-state index contributed by atoms with van der Waals surface area (Å²) in [7, 11) is 0. The molecule has 0 aromatic rings. The minimum atomic E-state index is -0.152. The van der Waals surface area contributed by atoms with Gasteiger partial charge in [0.05, 0.1) is 11.7 Å². The molecule has 98 valence electrons. The molecule has 0 radical (unpaired) electrons. The molecule has 0 unspecified atom stereocenters. The molecule has 0 saturated carbocycles. The highest BCUT2D eigenvalue weighted by Gasteiger charge is 2.46. The van der Waals surface area contributed by atoms with E-state index >= 15 is 0 Å². The van der Waals surface area contributed by atoms with E-state index in [1.54, 1.807) is 0 Å². The highest BCUT2D eigenvalue weighted by molar-refractivity contribution is 5.09. The third-order valence-electron chi connectivity index (χ3n) is 4.51. The van der Waals surface area contributed by atoms with Crippen LogP contribution in [0.15, 0.2) is 11.6 Å². The van der Waals surface area contributed by atoms with Crippen molar-refractivity contribution in [3.63, 3.8) is 0 Å². The Morgan fingerprint density at radius 2 is 1.88 bits per heavy atom. The fourth-order valence-corrected chi connectivity index (χ4v) is 3.26. The maximum atomic E-state index is 6.13. The smallest absolute Gasteiger partial charge is 0.162 e. The van der Waals surface area contributed by atoms with Crippen LogP contribution in [0.4, 0.5) is 0 Å². The van der Waals surface area contributed by atoms with Gasteiger partial charge in [0, 0.05) is 5.92 Å². The van der Waals surface area contributed by atoms with Gasteiger partial charge in [-0.15, -0.1) is 0 Å². The molecular weight excluding hydrogens is 212 g/mol. The second-order valence-electron chi connectivity index (χ2n) is 6.50. The van der Waals surface area contributed by atoms with Crippen molar-refractivity contribution in [3.05, 3.63) is 11.6 Å². The number of hydrogen-bond acceptors (Lipinski definition) is 2. The molecule has 0 bridgehead atoms. The second-order valence-corrected chi connectivity index (χ2v) is 6.50. The standard InChI is InChI=1S/C15H26O2/c1-9-7-10(2)13(11(3)8-9)14-16-12(4)15(5,6)17-14/h7,10-14H,8H2,1-6H3/t10-,11-,12-,13+,14-/m1/s1. The molecule has 2 aliphatic rings. The van der Waals surface area contributed by atoms with Crippen molar-refractivity contribution in [2.24, 2.45) is 17.8 Å². The SMILES string of the molecule is CC1=C[C@@H](C)[C@H]([C@@H]2O[C@H](C)C(C)(C)O2)[C@H](C)C1. The third kappa shape index (κ3) is 2.43. The molecule has 1 heterocycles. The van der Waals surface area contributed by atoms with Crippen LogP contribution in [-0.2, 0) is 9.47 Å². The maximum Gasteiger partial charge on any atom is 0.162 e. The van der Waals surface area contributed by atoms with Gasteiger partial charge in [-0.05, 0) is 46.0 Å². The third-order valence-corrected chi connectivity index (χ3v) is 4.51. The van der Waals surface area contributed by atoms with Crippen LogP contribution in [0.1, 0.15) is 48.0 Å². The van der Waals surface area contributed by atoms with Gasteiger partial charge in [0.1, 0.15) is 0 Å². The molecule has 1 saturated heterocycles. The van der Waals surface area contributed by atoms with Gasteiger partial charge in [-0.25, -0.2) is 0 Å². The summed E-state index contributed by atoms with van der Waals surface area (Å²) in [6.07, 6.45) is 3.70. The molecule has 5 atom stereocenters. The van der Waals surface area contributed by atoms with E-state index < -0.39 is 0 Å². The molecule has 1 aliphatic heterocycles. The normalized spacial score (nSPS) is 45.8. The largest absolute Gasteiger partial charge is 0.346 e. The Labute approximate surface area is 105 Å². The first kappa shape index (κ1) is 13.1. The number of hydrogen-bond donors (Lipinski definition) is 0. The van der Waals surface area contributed by atoms with Crippen molar-refractivity contribution in [2.45, 2.75) is 66.0 Å². The molecule has 0 spiro atoms. The summed E-state index contributed by atoms with van der Waals surface area (Å²) in [6.45, 7) is 13.2. The molecule has 0 aromatic carbocycles. The van der Waals surface area contributed by atoms with Gasteiger partial charge < -0.3 is 9.47 Å². The van der Waals surface area contributed by atoms with Crippen LogP contribution in [0.2, 0.25) is 0 Å². The van der Waals surface area contributed by atoms with E-state index in [1.807, 2.05) is 0 Å². The Bertz CT molecular complexity index is 319. The van der Waals surface area contributed by atoms with E-state index in [-0.39, 0.29) is 18.0 Å². The number of allylic oxidation sites excluding steroid dienone is 2. The summed E-state index contributed by atoms with van der Waals surface area (Å²) in [4.78, 5) is 0. The summed E-state index contributed by atoms with van der Waals surface area (Å²) >= 11 is 0. The lowest BCUT2D eigenvalue weighted by Crippen LogP contribution is -2.36. The zero-order valence-electron chi connectivity index (χ0n) is 12.0. The average molecular weight is 238 g/mol. The quantitative estimate of drug-likeness (QED) is 0.647. The second kappa shape index (κ2) is 4.40. The summed E-state index contributed by atoms with van der Waals surface area (Å²) in [5.41, 5.74) is 1.35. The fraction of sp³-hybridized carbons (Fsp3) is 0.867. The molecule has 0 N–H and O–H groups in total. The van der Waals surface area contributed by atoms with E-state index in [1.165, 1.54) is 12.0 Å². The van der Waals surface area contributed by atoms with Gasteiger partial charge in [0.2, 0.25) is 0 Å². The van der Waals surface area contributed by atoms with Gasteiger partial charge >= 0.3 is 0 Å². The number of rotatable bonds is 1. The molecule has 0 amide bonds. The van der Waals surface area contributed by atoms with Crippen LogP contribution >= 0.6 is 0 Å². The minimum Gasteiger partial charge on any atom is -0.346 e. The monoisotopic (exact) mass is 238 g/mol. The summed E-state index contributed by atoms with van der Waals surface area (Å²) in [6, 6.07) is 0. The summed E-state index contributed by atoms with van der Waals surface area (Å²) in [5, 5.41) is 0. The first-order valence-corrected chi connectivity index (χ1v) is 6.82. The van der Waals surface area contributed by atoms with E-state index in [9.17, 15) is 0 Å². The zero-order chi connectivity index (χ0) is 12.8. The van der Waals surface area contributed by atoms with Gasteiger partial charge in [-0.1, -0.05) is 25.5 Å². The zero-order valence-corrected chi connectivity index (χ0v) is 12.0. The molecule has 1 aliphatic carbocycles. The Morgan fingerprint density at radius 3 is 2.35 bits per heavy atom. The lowest BCUT2D eigenvalue weighted by molar-refractivity contribution is -0.138. The van der Waals surface area contributed by atoms with Gasteiger partial charge in [-0.3, -0.25) is 0 Å². The molecular formula is C15H26O2. The summed E-state index contributed by atoms with van der Waals surface area (Å²) in [5.74, 6) is 1.67. The molecule has 0 aromatic heterocycles. The van der Waals surface area contributed by atoms with Crippen molar-refractivity contribution in [1.82, 2.24) is 0 Å². The van der Waals surface area contributed by atoms with Crippen LogP contribution in [0.5, 0.6) is 0 Å². The highest BCUT2D eigenvalue weighted by atomic mass is 16.7. The first-order valence-electron chi connectivity index (χ1n) is 6.82. The van der Waals surface area contributed by atoms with Gasteiger partial charge in [0.25, 0.3) is 0 Å². The first-order chi connectivity index (χ1) is 7.81. The molecule has 2 rings (SSSR count). The summed E-state index contributed by atoms with van der Waals surface area (Å²) < 4.78 is 12.2. The lowest BCUT2D eigenvalue weighted by atomic mass is 9.74. The predicted octanol–water partition coefficient (Wildman–Crippen LogP) is 3.76. The number of ether oxygens (including phenoxy) is 2. The van der Waals surface area contributed by atoms with Crippen LogP contribution in [0, 0.1) is 17.8 Å². The Balaban J connectivity index is 2.14. The van der Waals surface area contributed by atoms with Crippen LogP contribution in [-0.4, -0.2) is 18.0 Å². The van der Waals surface area contributed by atoms with Crippen molar-refractivity contribution >= 4 is 0 Å². The van der Waals surface area contributed by atoms with E-state index in [0.29, 0.717) is 17.8 Å². The molecule has 2 nitrogen and oxygen atoms in total. The molecule has 17 heavy (non-hydrogen) atoms. The Morgan fingerprint density at radius 1 is 1.24 bits per heavy atom. The maximum absolute atomic E-state index is 6.13. The van der Waals surface area contributed by atoms with Crippen molar-refractivity contribution in [1.29, 1.82) is 0 Å². The molecule has 2 heteroatoms. The predicted molar refractivity (Wildman–Crippen MR) is 69.7 cm³/mol. The van der Waals surface area contributed by atoms with Crippen molar-refractivity contribution in [3.8, 4) is 0 Å². The van der Waals surface area contributed by atoms with E-state index in [4.69, 9.17) is 9.47 Å². The van der Waals surface area contributed by atoms with Gasteiger partial charge in [0.15, 0.2) is 6.29 Å². The van der Waals surface area contributed by atoms with E-state index in [0.717, 1.165) is 0 Å². The topological polar surface area (TPSA) is 18.5 Å². The minimum absolute atomic E-state index is 0.0330. The van der Waals surface area contributed by atoms with Crippen molar-refractivity contribution in [2.75, 3.05) is 0 Å². The highest BCUT2D eigenvalue weighted by Crippen LogP contribution is 2.42. The average Bonchev–Trinajstić information content (AvgIpc) is 2.38.